The fourth-order valence-corrected chi connectivity index (χ4v) is 4.45. The molecule has 0 saturated carbocycles. The van der Waals surface area contributed by atoms with Gasteiger partial charge in [0.25, 0.3) is 5.91 Å². The molecule has 0 aromatic heterocycles. The minimum absolute atomic E-state index is 0.114. The zero-order valence-electron chi connectivity index (χ0n) is 22.1. The summed E-state index contributed by atoms with van der Waals surface area (Å²) >= 11 is 0. The Balaban J connectivity index is 1.50. The Hall–Kier alpha value is -4.53. The van der Waals surface area contributed by atoms with Crippen molar-refractivity contribution < 1.29 is 28.6 Å². The summed E-state index contributed by atoms with van der Waals surface area (Å²) in [7, 11) is 3.12. The minimum Gasteiger partial charge on any atom is -0.497 e. The third-order valence-electron chi connectivity index (χ3n) is 6.60. The molecular weight excluding hydrogens is 498 g/mol. The van der Waals surface area contributed by atoms with Gasteiger partial charge in [0.1, 0.15) is 30.2 Å². The molecule has 204 valence electrons. The molecule has 2 atom stereocenters. The number of ether oxygens (including phenoxy) is 3. The Morgan fingerprint density at radius 3 is 2.15 bits per heavy atom. The maximum atomic E-state index is 13.6. The zero-order valence-corrected chi connectivity index (χ0v) is 22.1. The highest BCUT2D eigenvalue weighted by molar-refractivity contribution is 5.99. The molecule has 3 aromatic rings. The molecule has 3 aromatic carbocycles. The first-order valence-corrected chi connectivity index (χ1v) is 12.8. The molecule has 1 heterocycles. The molecule has 4 rings (SSSR count). The maximum Gasteiger partial charge on any atom is 0.410 e. The first-order chi connectivity index (χ1) is 19.0. The van der Waals surface area contributed by atoms with Gasteiger partial charge in [-0.15, -0.1) is 0 Å². The molecule has 1 aliphatic rings. The van der Waals surface area contributed by atoms with Crippen molar-refractivity contribution in [3.05, 3.63) is 90.0 Å². The molecule has 1 saturated heterocycles. The number of carbonyl (C=O) groups excluding carboxylic acids is 3. The average Bonchev–Trinajstić information content (AvgIpc) is 2.99. The second-order valence-corrected chi connectivity index (χ2v) is 9.18. The van der Waals surface area contributed by atoms with Crippen LogP contribution in [0, 0.1) is 0 Å². The number of likely N-dealkylation sites (tertiary alicyclic amines) is 1. The zero-order chi connectivity index (χ0) is 27.6. The topological polar surface area (TPSA) is 106 Å². The first kappa shape index (κ1) is 27.5. The van der Waals surface area contributed by atoms with Gasteiger partial charge in [-0.25, -0.2) is 4.79 Å². The largest absolute Gasteiger partial charge is 0.497 e. The van der Waals surface area contributed by atoms with Crippen molar-refractivity contribution in [1.82, 2.24) is 10.2 Å². The maximum absolute atomic E-state index is 13.6. The summed E-state index contributed by atoms with van der Waals surface area (Å²) in [6.07, 6.45) is 1.47. The normalized spacial score (nSPS) is 15.5. The van der Waals surface area contributed by atoms with Crippen molar-refractivity contribution in [3.8, 4) is 11.5 Å². The van der Waals surface area contributed by atoms with E-state index >= 15 is 0 Å². The van der Waals surface area contributed by atoms with Gasteiger partial charge < -0.3 is 24.8 Å². The number of hydrogen-bond donors (Lipinski definition) is 2. The van der Waals surface area contributed by atoms with Gasteiger partial charge in [0.15, 0.2) is 0 Å². The third-order valence-corrected chi connectivity index (χ3v) is 6.60. The Morgan fingerprint density at radius 2 is 1.51 bits per heavy atom. The molecule has 3 amide bonds. The number of anilines is 1. The van der Waals surface area contributed by atoms with Gasteiger partial charge in [0, 0.05) is 12.2 Å². The smallest absolute Gasteiger partial charge is 0.410 e. The Kier molecular flexibility index (Phi) is 9.39. The molecule has 0 unspecified atom stereocenters. The molecule has 39 heavy (non-hydrogen) atoms. The molecule has 0 aliphatic carbocycles. The number of rotatable bonds is 9. The SMILES string of the molecule is COc1ccc(NC(=O)[C@@H](NC(=O)[C@@H]2CCCCN2C(=O)OCc2ccccc2)c2ccc(OC)cc2)cc1. The summed E-state index contributed by atoms with van der Waals surface area (Å²) in [4.78, 5) is 41.4. The van der Waals surface area contributed by atoms with E-state index in [1.165, 1.54) is 4.90 Å². The van der Waals surface area contributed by atoms with E-state index in [2.05, 4.69) is 10.6 Å². The van der Waals surface area contributed by atoms with E-state index in [4.69, 9.17) is 14.2 Å². The second kappa shape index (κ2) is 13.3. The van der Waals surface area contributed by atoms with Crippen LogP contribution in [0.3, 0.4) is 0 Å². The van der Waals surface area contributed by atoms with E-state index in [-0.39, 0.29) is 6.61 Å². The van der Waals surface area contributed by atoms with E-state index in [0.717, 1.165) is 18.4 Å². The van der Waals surface area contributed by atoms with Crippen LogP contribution in [-0.4, -0.2) is 49.6 Å². The molecule has 0 bridgehead atoms. The lowest BCUT2D eigenvalue weighted by atomic mass is 10.00. The number of carbonyl (C=O) groups is 3. The van der Waals surface area contributed by atoms with Crippen molar-refractivity contribution >= 4 is 23.6 Å². The van der Waals surface area contributed by atoms with Crippen LogP contribution >= 0.6 is 0 Å². The van der Waals surface area contributed by atoms with E-state index in [9.17, 15) is 14.4 Å². The van der Waals surface area contributed by atoms with Crippen molar-refractivity contribution in [2.75, 3.05) is 26.1 Å². The number of nitrogens with one attached hydrogen (secondary N) is 2. The van der Waals surface area contributed by atoms with Crippen molar-refractivity contribution in [1.29, 1.82) is 0 Å². The summed E-state index contributed by atoms with van der Waals surface area (Å²) in [6.45, 7) is 0.514. The van der Waals surface area contributed by atoms with Gasteiger partial charge in [-0.1, -0.05) is 42.5 Å². The monoisotopic (exact) mass is 531 g/mol. The summed E-state index contributed by atoms with van der Waals surface area (Å²) in [5, 5.41) is 5.73. The lowest BCUT2D eigenvalue weighted by Crippen LogP contribution is -2.53. The molecule has 1 aliphatic heterocycles. The van der Waals surface area contributed by atoms with Crippen LogP contribution < -0.4 is 20.1 Å². The Bertz CT molecular complexity index is 1250. The van der Waals surface area contributed by atoms with Crippen molar-refractivity contribution in [2.45, 2.75) is 38.0 Å². The van der Waals surface area contributed by atoms with Crippen LogP contribution in [0.2, 0.25) is 0 Å². The van der Waals surface area contributed by atoms with Crippen LogP contribution in [0.5, 0.6) is 11.5 Å². The predicted molar refractivity (Wildman–Crippen MR) is 146 cm³/mol. The quantitative estimate of drug-likeness (QED) is 0.415. The van der Waals surface area contributed by atoms with Gasteiger partial charge in [0.05, 0.1) is 14.2 Å². The standard InChI is InChI=1S/C30H33N3O6/c1-37-24-15-11-22(12-16-24)27(29(35)31-23-13-17-25(38-2)18-14-23)32-28(34)26-10-6-7-19-33(26)30(36)39-20-21-8-4-3-5-9-21/h3-5,8-9,11-18,26-27H,6-7,10,19-20H2,1-2H3,(H,31,35)(H,32,34)/t26-,27-/m0/s1. The molecule has 1 fully saturated rings. The molecule has 9 heteroatoms. The van der Waals surface area contributed by atoms with Crippen LogP contribution in [0.25, 0.3) is 0 Å². The first-order valence-electron chi connectivity index (χ1n) is 12.8. The van der Waals surface area contributed by atoms with Crippen molar-refractivity contribution in [2.24, 2.45) is 0 Å². The van der Waals surface area contributed by atoms with Gasteiger partial charge in [-0.2, -0.15) is 0 Å². The average molecular weight is 532 g/mol. The van der Waals surface area contributed by atoms with E-state index in [0.29, 0.717) is 35.7 Å². The van der Waals surface area contributed by atoms with Crippen LogP contribution in [0.1, 0.15) is 36.4 Å². The van der Waals surface area contributed by atoms with E-state index in [1.54, 1.807) is 62.8 Å². The number of methoxy groups -OCH3 is 2. The second-order valence-electron chi connectivity index (χ2n) is 9.18. The minimum atomic E-state index is -1.00. The highest BCUT2D eigenvalue weighted by atomic mass is 16.6. The van der Waals surface area contributed by atoms with Gasteiger partial charge >= 0.3 is 6.09 Å². The summed E-state index contributed by atoms with van der Waals surface area (Å²) in [6, 6.07) is 21.4. The van der Waals surface area contributed by atoms with Crippen LogP contribution in [-0.2, 0) is 20.9 Å². The lowest BCUT2D eigenvalue weighted by Gasteiger charge is -2.34. The molecule has 0 spiro atoms. The highest BCUT2D eigenvalue weighted by Crippen LogP contribution is 2.24. The summed E-state index contributed by atoms with van der Waals surface area (Å²) in [5.74, 6) is 0.438. The highest BCUT2D eigenvalue weighted by Gasteiger charge is 2.35. The fraction of sp³-hybridized carbons (Fsp3) is 0.300. The molecule has 2 N–H and O–H groups in total. The number of amides is 3. The summed E-state index contributed by atoms with van der Waals surface area (Å²) in [5.41, 5.74) is 1.99. The predicted octanol–water partition coefficient (Wildman–Crippen LogP) is 4.69. The number of benzene rings is 3. The molecule has 9 nitrogen and oxygen atoms in total. The van der Waals surface area contributed by atoms with Crippen LogP contribution in [0.15, 0.2) is 78.9 Å². The van der Waals surface area contributed by atoms with E-state index < -0.39 is 30.0 Å². The summed E-state index contributed by atoms with van der Waals surface area (Å²) < 4.78 is 15.9. The van der Waals surface area contributed by atoms with Gasteiger partial charge in [-0.05, 0) is 66.8 Å². The number of piperidine rings is 1. The van der Waals surface area contributed by atoms with Crippen LogP contribution in [0.4, 0.5) is 10.5 Å². The van der Waals surface area contributed by atoms with Gasteiger partial charge in [0.2, 0.25) is 5.91 Å². The fourth-order valence-electron chi connectivity index (χ4n) is 4.45. The molecule has 0 radical (unpaired) electrons. The number of hydrogen-bond acceptors (Lipinski definition) is 6. The third kappa shape index (κ3) is 7.28. The van der Waals surface area contributed by atoms with E-state index in [1.807, 2.05) is 30.3 Å². The van der Waals surface area contributed by atoms with Crippen molar-refractivity contribution in [3.63, 3.8) is 0 Å². The Morgan fingerprint density at radius 1 is 0.872 bits per heavy atom. The van der Waals surface area contributed by atoms with Gasteiger partial charge in [-0.3, -0.25) is 14.5 Å². The Labute approximate surface area is 228 Å². The number of nitrogens with zero attached hydrogens (tertiary/aromatic N) is 1. The lowest BCUT2D eigenvalue weighted by molar-refractivity contribution is -0.131. The molecular formula is C30H33N3O6.